The lowest BCUT2D eigenvalue weighted by molar-refractivity contribution is -0.117. The first-order chi connectivity index (χ1) is 16.5. The van der Waals surface area contributed by atoms with Crippen LogP contribution in [0.25, 0.3) is 11.4 Å². The van der Waals surface area contributed by atoms with Crippen LogP contribution >= 0.6 is 11.8 Å². The normalized spacial score (nSPS) is 17.8. The molecule has 0 bridgehead atoms. The zero-order valence-corrected chi connectivity index (χ0v) is 19.9. The molecule has 1 saturated carbocycles. The van der Waals surface area contributed by atoms with Crippen molar-refractivity contribution in [3.05, 3.63) is 66.0 Å². The van der Waals surface area contributed by atoms with Crippen molar-refractivity contribution in [2.24, 2.45) is 5.92 Å². The molecule has 1 heterocycles. The lowest BCUT2D eigenvalue weighted by atomic mass is 9.86. The summed E-state index contributed by atoms with van der Waals surface area (Å²) < 4.78 is 15.3. The average molecular weight is 482 g/mol. The molecule has 0 unspecified atom stereocenters. The van der Waals surface area contributed by atoms with E-state index < -0.39 is 11.9 Å². The number of urea groups is 1. The number of thioether (sulfide) groups is 1. The van der Waals surface area contributed by atoms with Crippen molar-refractivity contribution in [3.8, 4) is 11.4 Å². The van der Waals surface area contributed by atoms with Gasteiger partial charge in [0, 0.05) is 11.6 Å². The standard InChI is InChI=1S/C25H28FN5O2S/c1-17-7-5-6-10-21(17)27-24(33)28-22(32)16-34-25-30-29-23(19-11-13-20(26)14-12-19)31(25)15-18-8-3-2-4-9-18/h2-4,8-9,11-14,17,21H,5-7,10,15-16H2,1H3,(H2,27,28,32,33)/t17-,21-/m1/s1. The summed E-state index contributed by atoms with van der Waals surface area (Å²) >= 11 is 1.20. The maximum atomic E-state index is 13.4. The predicted molar refractivity (Wildman–Crippen MR) is 130 cm³/mol. The molecule has 0 spiro atoms. The highest BCUT2D eigenvalue weighted by Gasteiger charge is 2.23. The molecule has 0 saturated heterocycles. The maximum Gasteiger partial charge on any atom is 0.321 e. The highest BCUT2D eigenvalue weighted by Crippen LogP contribution is 2.26. The van der Waals surface area contributed by atoms with E-state index in [1.54, 1.807) is 12.1 Å². The van der Waals surface area contributed by atoms with Crippen molar-refractivity contribution in [1.29, 1.82) is 0 Å². The Balaban J connectivity index is 1.43. The van der Waals surface area contributed by atoms with Gasteiger partial charge in [-0.3, -0.25) is 14.7 Å². The second-order valence-corrected chi connectivity index (χ2v) is 9.51. The Labute approximate surface area is 202 Å². The molecule has 2 atom stereocenters. The van der Waals surface area contributed by atoms with E-state index >= 15 is 0 Å². The van der Waals surface area contributed by atoms with Gasteiger partial charge in [-0.2, -0.15) is 0 Å². The van der Waals surface area contributed by atoms with E-state index in [1.807, 2.05) is 34.9 Å². The number of carbonyl (C=O) groups excluding carboxylic acids is 2. The van der Waals surface area contributed by atoms with Crippen LogP contribution in [0, 0.1) is 11.7 Å². The summed E-state index contributed by atoms with van der Waals surface area (Å²) in [6, 6.07) is 15.5. The van der Waals surface area contributed by atoms with Gasteiger partial charge in [0.25, 0.3) is 0 Å². The van der Waals surface area contributed by atoms with Crippen molar-refractivity contribution in [3.63, 3.8) is 0 Å². The average Bonchev–Trinajstić information content (AvgIpc) is 3.22. The molecule has 34 heavy (non-hydrogen) atoms. The minimum atomic E-state index is -0.456. The van der Waals surface area contributed by atoms with Gasteiger partial charge < -0.3 is 5.32 Å². The molecule has 178 valence electrons. The highest BCUT2D eigenvalue weighted by atomic mass is 32.2. The summed E-state index contributed by atoms with van der Waals surface area (Å²) in [5.41, 5.74) is 1.76. The number of halogens is 1. The van der Waals surface area contributed by atoms with Crippen LogP contribution in [0.4, 0.5) is 9.18 Å². The molecule has 1 aliphatic carbocycles. The third-order valence-corrected chi connectivity index (χ3v) is 6.98. The number of rotatable bonds is 7. The van der Waals surface area contributed by atoms with E-state index in [9.17, 15) is 14.0 Å². The SMILES string of the molecule is C[C@@H]1CCCC[C@H]1NC(=O)NC(=O)CSc1nnc(-c2ccc(F)cc2)n1Cc1ccccc1. The molecule has 0 aliphatic heterocycles. The summed E-state index contributed by atoms with van der Waals surface area (Å²) in [7, 11) is 0. The fourth-order valence-corrected chi connectivity index (χ4v) is 4.88. The Morgan fingerprint density at radius 2 is 1.79 bits per heavy atom. The third kappa shape index (κ3) is 6.22. The van der Waals surface area contributed by atoms with Crippen molar-refractivity contribution >= 4 is 23.7 Å². The fourth-order valence-electron chi connectivity index (χ4n) is 4.14. The van der Waals surface area contributed by atoms with E-state index in [1.165, 1.54) is 30.3 Å². The zero-order chi connectivity index (χ0) is 23.9. The zero-order valence-electron chi connectivity index (χ0n) is 19.0. The quantitative estimate of drug-likeness (QED) is 0.481. The van der Waals surface area contributed by atoms with Gasteiger partial charge in [-0.05, 0) is 48.6 Å². The lowest BCUT2D eigenvalue weighted by Gasteiger charge is -2.29. The predicted octanol–water partition coefficient (Wildman–Crippen LogP) is 4.63. The first-order valence-electron chi connectivity index (χ1n) is 11.5. The number of hydrogen-bond donors (Lipinski definition) is 2. The van der Waals surface area contributed by atoms with E-state index in [-0.39, 0.29) is 17.6 Å². The minimum absolute atomic E-state index is 0.0178. The molecule has 4 rings (SSSR count). The van der Waals surface area contributed by atoms with Crippen molar-refractivity contribution in [1.82, 2.24) is 25.4 Å². The van der Waals surface area contributed by atoms with Gasteiger partial charge in [0.05, 0.1) is 12.3 Å². The first-order valence-corrected chi connectivity index (χ1v) is 12.4. The molecule has 1 fully saturated rings. The van der Waals surface area contributed by atoms with E-state index in [2.05, 4.69) is 27.8 Å². The van der Waals surface area contributed by atoms with Gasteiger partial charge in [0.2, 0.25) is 5.91 Å². The number of hydrogen-bond acceptors (Lipinski definition) is 5. The van der Waals surface area contributed by atoms with Crippen LogP contribution in [0.2, 0.25) is 0 Å². The number of nitrogens with zero attached hydrogens (tertiary/aromatic N) is 3. The largest absolute Gasteiger partial charge is 0.335 e. The smallest absolute Gasteiger partial charge is 0.321 e. The maximum absolute atomic E-state index is 13.4. The number of benzene rings is 2. The molecule has 3 aromatic rings. The number of amides is 3. The van der Waals surface area contributed by atoms with E-state index in [0.717, 1.165) is 30.4 Å². The molecule has 1 aliphatic rings. The highest BCUT2D eigenvalue weighted by molar-refractivity contribution is 7.99. The summed E-state index contributed by atoms with van der Waals surface area (Å²) in [6.07, 6.45) is 4.29. The molecule has 1 aromatic heterocycles. The molecular formula is C25H28FN5O2S. The van der Waals surface area contributed by atoms with Crippen LogP contribution < -0.4 is 10.6 Å². The second kappa shape index (κ2) is 11.3. The number of aromatic nitrogens is 3. The lowest BCUT2D eigenvalue weighted by Crippen LogP contribution is -2.48. The summed E-state index contributed by atoms with van der Waals surface area (Å²) in [5.74, 6) is 0.277. The van der Waals surface area contributed by atoms with Gasteiger partial charge in [-0.15, -0.1) is 10.2 Å². The molecule has 2 N–H and O–H groups in total. The molecule has 3 amide bonds. The summed E-state index contributed by atoms with van der Waals surface area (Å²) in [4.78, 5) is 24.7. The Bertz CT molecular complexity index is 1120. The second-order valence-electron chi connectivity index (χ2n) is 8.56. The summed E-state index contributed by atoms with van der Waals surface area (Å²) in [5, 5.41) is 14.5. The first kappa shape index (κ1) is 23.9. The van der Waals surface area contributed by atoms with E-state index in [0.29, 0.717) is 23.4 Å². The summed E-state index contributed by atoms with van der Waals surface area (Å²) in [6.45, 7) is 2.62. The van der Waals surface area contributed by atoms with Crippen LogP contribution in [0.15, 0.2) is 59.8 Å². The van der Waals surface area contributed by atoms with Gasteiger partial charge in [0.1, 0.15) is 5.82 Å². The Kier molecular flexibility index (Phi) is 7.95. The van der Waals surface area contributed by atoms with Gasteiger partial charge in [0.15, 0.2) is 11.0 Å². The van der Waals surface area contributed by atoms with Gasteiger partial charge in [-0.1, -0.05) is 61.9 Å². The van der Waals surface area contributed by atoms with Crippen LogP contribution in [0.1, 0.15) is 38.2 Å². The van der Waals surface area contributed by atoms with E-state index in [4.69, 9.17) is 0 Å². The topological polar surface area (TPSA) is 88.9 Å². The number of nitrogens with one attached hydrogen (secondary N) is 2. The van der Waals surface area contributed by atoms with Gasteiger partial charge >= 0.3 is 6.03 Å². The Morgan fingerprint density at radius 1 is 1.06 bits per heavy atom. The third-order valence-electron chi connectivity index (χ3n) is 6.02. The minimum Gasteiger partial charge on any atom is -0.335 e. The Morgan fingerprint density at radius 3 is 2.53 bits per heavy atom. The fraction of sp³-hybridized carbons (Fsp3) is 0.360. The van der Waals surface area contributed by atoms with Crippen LogP contribution in [-0.2, 0) is 11.3 Å². The van der Waals surface area contributed by atoms with Crippen molar-refractivity contribution in [2.75, 3.05) is 5.75 Å². The number of imide groups is 1. The molecule has 7 nitrogen and oxygen atoms in total. The van der Waals surface area contributed by atoms with Crippen molar-refractivity contribution in [2.45, 2.75) is 50.4 Å². The van der Waals surface area contributed by atoms with Gasteiger partial charge in [-0.25, -0.2) is 9.18 Å². The van der Waals surface area contributed by atoms with Crippen LogP contribution in [0.5, 0.6) is 0 Å². The Hall–Kier alpha value is -3.20. The number of carbonyl (C=O) groups is 2. The molecule has 9 heteroatoms. The molecular weight excluding hydrogens is 453 g/mol. The van der Waals surface area contributed by atoms with Crippen LogP contribution in [0.3, 0.4) is 0 Å². The van der Waals surface area contributed by atoms with Crippen LogP contribution in [-0.4, -0.2) is 38.5 Å². The van der Waals surface area contributed by atoms with Crippen molar-refractivity contribution < 1.29 is 14.0 Å². The molecule has 0 radical (unpaired) electrons. The monoisotopic (exact) mass is 481 g/mol. The molecule has 2 aromatic carbocycles.